The Balaban J connectivity index is 1.13. The van der Waals surface area contributed by atoms with Crippen molar-refractivity contribution < 1.29 is 0 Å². The van der Waals surface area contributed by atoms with Gasteiger partial charge >= 0.3 is 0 Å². The minimum absolute atomic E-state index is 0.861. The summed E-state index contributed by atoms with van der Waals surface area (Å²) in [6.07, 6.45) is 3.73. The molecule has 47 heavy (non-hydrogen) atoms. The predicted molar refractivity (Wildman–Crippen MR) is 195 cm³/mol. The Labute approximate surface area is 274 Å². The van der Waals surface area contributed by atoms with Crippen LogP contribution in [0.1, 0.15) is 0 Å². The molecule has 1 aliphatic carbocycles. The topological polar surface area (TPSA) is 29.0 Å². The average molecular weight is 600 g/mol. The number of hydrogen-bond donors (Lipinski definition) is 0. The van der Waals surface area contributed by atoms with E-state index in [0.717, 1.165) is 39.6 Å². The molecule has 2 heterocycles. The molecule has 3 heteroatoms. The van der Waals surface area contributed by atoms with Gasteiger partial charge in [0.05, 0.1) is 11.4 Å². The highest BCUT2D eigenvalue weighted by Gasteiger charge is 2.22. The quantitative estimate of drug-likeness (QED) is 0.190. The lowest BCUT2D eigenvalue weighted by molar-refractivity contribution is 1.25. The molecule has 6 aromatic carbocycles. The van der Waals surface area contributed by atoms with Crippen molar-refractivity contribution in [1.82, 2.24) is 9.97 Å². The molecule has 0 spiro atoms. The normalized spacial score (nSPS) is 11.4. The summed E-state index contributed by atoms with van der Waals surface area (Å²) in [5.41, 5.74) is 14.9. The van der Waals surface area contributed by atoms with E-state index in [-0.39, 0.29) is 0 Å². The standard InChI is InChI=1S/C44H29N3/c1-2-13-33(14-3-1)47(34-15-8-11-30(27-34)32-22-25-43(46-29-32)42-21-6-7-26-45-42)35-16-9-12-31(28-35)36-23-24-41-38-18-5-4-17-37(38)40-20-10-19-39(36)44(40)41/h1-29H. The lowest BCUT2D eigenvalue weighted by atomic mass is 9.94. The molecule has 3 nitrogen and oxygen atoms in total. The maximum Gasteiger partial charge on any atom is 0.0886 e. The van der Waals surface area contributed by atoms with Gasteiger partial charge in [-0.3, -0.25) is 9.97 Å². The number of hydrogen-bond acceptors (Lipinski definition) is 3. The second kappa shape index (κ2) is 11.2. The molecule has 0 atom stereocenters. The number of fused-ring (bicyclic) bond motifs is 3. The van der Waals surface area contributed by atoms with Crippen LogP contribution < -0.4 is 4.90 Å². The summed E-state index contributed by atoms with van der Waals surface area (Å²) >= 11 is 0. The molecule has 2 aromatic heterocycles. The van der Waals surface area contributed by atoms with Crippen LogP contribution in [0.3, 0.4) is 0 Å². The second-order valence-electron chi connectivity index (χ2n) is 11.9. The first-order chi connectivity index (χ1) is 23.3. The lowest BCUT2D eigenvalue weighted by Crippen LogP contribution is -2.10. The first kappa shape index (κ1) is 27.0. The van der Waals surface area contributed by atoms with Gasteiger partial charge in [0.2, 0.25) is 0 Å². The first-order valence-corrected chi connectivity index (χ1v) is 15.9. The number of anilines is 3. The van der Waals surface area contributed by atoms with E-state index < -0.39 is 0 Å². The Kier molecular flexibility index (Phi) is 6.46. The molecule has 0 bridgehead atoms. The molecule has 0 fully saturated rings. The van der Waals surface area contributed by atoms with Gasteiger partial charge in [-0.1, -0.05) is 109 Å². The van der Waals surface area contributed by atoms with E-state index in [9.17, 15) is 0 Å². The van der Waals surface area contributed by atoms with Crippen LogP contribution in [-0.2, 0) is 0 Å². The maximum absolute atomic E-state index is 4.74. The van der Waals surface area contributed by atoms with Gasteiger partial charge in [-0.2, -0.15) is 0 Å². The zero-order valence-corrected chi connectivity index (χ0v) is 25.6. The van der Waals surface area contributed by atoms with Crippen molar-refractivity contribution in [2.75, 3.05) is 4.90 Å². The summed E-state index contributed by atoms with van der Waals surface area (Å²) in [6, 6.07) is 58.3. The third-order valence-electron chi connectivity index (χ3n) is 9.11. The van der Waals surface area contributed by atoms with Crippen LogP contribution in [0.15, 0.2) is 176 Å². The molecule has 0 saturated carbocycles. The van der Waals surface area contributed by atoms with Crippen LogP contribution in [0.25, 0.3) is 66.7 Å². The van der Waals surface area contributed by atoms with Gasteiger partial charge in [0.15, 0.2) is 0 Å². The minimum atomic E-state index is 0.861. The summed E-state index contributed by atoms with van der Waals surface area (Å²) in [6.45, 7) is 0. The Morgan fingerprint density at radius 2 is 0.979 bits per heavy atom. The highest BCUT2D eigenvalue weighted by atomic mass is 15.1. The average Bonchev–Trinajstić information content (AvgIpc) is 3.48. The predicted octanol–water partition coefficient (Wildman–Crippen LogP) is 11.7. The molecule has 0 unspecified atom stereocenters. The Morgan fingerprint density at radius 3 is 1.72 bits per heavy atom. The van der Waals surface area contributed by atoms with Gasteiger partial charge in [0.1, 0.15) is 0 Å². The lowest BCUT2D eigenvalue weighted by Gasteiger charge is -2.26. The fraction of sp³-hybridized carbons (Fsp3) is 0. The smallest absolute Gasteiger partial charge is 0.0886 e. The fourth-order valence-electron chi connectivity index (χ4n) is 6.95. The summed E-state index contributed by atoms with van der Waals surface area (Å²) in [5, 5.41) is 2.62. The van der Waals surface area contributed by atoms with E-state index in [1.165, 1.54) is 44.2 Å². The van der Waals surface area contributed by atoms with E-state index >= 15 is 0 Å². The van der Waals surface area contributed by atoms with Crippen molar-refractivity contribution in [3.63, 3.8) is 0 Å². The number of rotatable bonds is 6. The van der Waals surface area contributed by atoms with Crippen LogP contribution in [0.4, 0.5) is 17.1 Å². The van der Waals surface area contributed by atoms with Crippen LogP contribution in [-0.4, -0.2) is 9.97 Å². The fourth-order valence-corrected chi connectivity index (χ4v) is 6.95. The minimum Gasteiger partial charge on any atom is -0.310 e. The summed E-state index contributed by atoms with van der Waals surface area (Å²) < 4.78 is 0. The molecule has 0 radical (unpaired) electrons. The Hall–Kier alpha value is -6.32. The molecule has 0 N–H and O–H groups in total. The van der Waals surface area contributed by atoms with Gasteiger partial charge < -0.3 is 4.90 Å². The molecule has 0 saturated heterocycles. The van der Waals surface area contributed by atoms with Crippen molar-refractivity contribution in [3.05, 3.63) is 176 Å². The third kappa shape index (κ3) is 4.68. The largest absolute Gasteiger partial charge is 0.310 e. The molecule has 9 rings (SSSR count). The van der Waals surface area contributed by atoms with Crippen LogP contribution in [0.5, 0.6) is 0 Å². The van der Waals surface area contributed by atoms with Crippen molar-refractivity contribution >= 4 is 27.8 Å². The number of nitrogens with zero attached hydrogens (tertiary/aromatic N) is 3. The SMILES string of the molecule is c1ccc(N(c2cccc(-c3ccc(-c4ccccn4)nc3)c2)c2cccc(-c3ccc4c5c(cccc35)-c3ccccc3-4)c2)cc1. The molecule has 1 aliphatic rings. The van der Waals surface area contributed by atoms with Gasteiger partial charge in [0.25, 0.3) is 0 Å². The zero-order valence-electron chi connectivity index (χ0n) is 25.6. The Morgan fingerprint density at radius 1 is 0.362 bits per heavy atom. The van der Waals surface area contributed by atoms with Crippen LogP contribution in [0.2, 0.25) is 0 Å². The van der Waals surface area contributed by atoms with Gasteiger partial charge in [-0.25, -0.2) is 0 Å². The Bertz CT molecular complexity index is 2370. The van der Waals surface area contributed by atoms with E-state index in [4.69, 9.17) is 4.98 Å². The second-order valence-corrected chi connectivity index (χ2v) is 11.9. The molecule has 0 aliphatic heterocycles. The maximum atomic E-state index is 4.74. The van der Waals surface area contributed by atoms with Gasteiger partial charge in [-0.15, -0.1) is 0 Å². The highest BCUT2D eigenvalue weighted by Crippen LogP contribution is 2.49. The van der Waals surface area contributed by atoms with Crippen molar-refractivity contribution in [1.29, 1.82) is 0 Å². The van der Waals surface area contributed by atoms with Crippen molar-refractivity contribution in [3.8, 4) is 55.9 Å². The van der Waals surface area contributed by atoms with Gasteiger partial charge in [0, 0.05) is 35.0 Å². The van der Waals surface area contributed by atoms with E-state index in [2.05, 4.69) is 149 Å². The van der Waals surface area contributed by atoms with Crippen molar-refractivity contribution in [2.45, 2.75) is 0 Å². The molecule has 8 aromatic rings. The zero-order chi connectivity index (χ0) is 31.2. The summed E-state index contributed by atoms with van der Waals surface area (Å²) in [7, 11) is 0. The molecular weight excluding hydrogens is 571 g/mol. The molecular formula is C44H29N3. The van der Waals surface area contributed by atoms with E-state index in [1.807, 2.05) is 30.5 Å². The summed E-state index contributed by atoms with van der Waals surface area (Å²) in [4.78, 5) is 11.5. The van der Waals surface area contributed by atoms with Crippen LogP contribution >= 0.6 is 0 Å². The van der Waals surface area contributed by atoms with E-state index in [0.29, 0.717) is 0 Å². The number of aromatic nitrogens is 2. The van der Waals surface area contributed by atoms with Crippen LogP contribution in [0, 0.1) is 0 Å². The third-order valence-corrected chi connectivity index (χ3v) is 9.11. The van der Waals surface area contributed by atoms with Crippen molar-refractivity contribution in [2.24, 2.45) is 0 Å². The molecule has 220 valence electrons. The number of pyridine rings is 2. The first-order valence-electron chi connectivity index (χ1n) is 15.9. The number of para-hydroxylation sites is 1. The monoisotopic (exact) mass is 599 g/mol. The highest BCUT2D eigenvalue weighted by molar-refractivity contribution is 6.18. The summed E-state index contributed by atoms with van der Waals surface area (Å²) in [5.74, 6) is 0. The van der Waals surface area contributed by atoms with Gasteiger partial charge in [-0.05, 0) is 104 Å². The number of benzene rings is 6. The molecule has 0 amide bonds. The van der Waals surface area contributed by atoms with E-state index in [1.54, 1.807) is 6.20 Å².